The summed E-state index contributed by atoms with van der Waals surface area (Å²) in [6, 6.07) is 15.5. The number of rotatable bonds is 4. The highest BCUT2D eigenvalue weighted by molar-refractivity contribution is 5.98. The van der Waals surface area contributed by atoms with Gasteiger partial charge in [-0.3, -0.25) is 4.79 Å². The van der Waals surface area contributed by atoms with E-state index in [0.29, 0.717) is 0 Å². The van der Waals surface area contributed by atoms with Gasteiger partial charge in [0.05, 0.1) is 7.11 Å². The van der Waals surface area contributed by atoms with Gasteiger partial charge < -0.3 is 4.74 Å². The zero-order valence-electron chi connectivity index (χ0n) is 11.5. The van der Waals surface area contributed by atoms with E-state index < -0.39 is 0 Å². The molecule has 0 aliphatic carbocycles. The van der Waals surface area contributed by atoms with Crippen molar-refractivity contribution < 1.29 is 9.53 Å². The fourth-order valence-corrected chi connectivity index (χ4v) is 2.06. The molecule has 0 heterocycles. The Bertz CT molecular complexity index is 585. The molecule has 2 aromatic rings. The van der Waals surface area contributed by atoms with E-state index in [1.807, 2.05) is 62.4 Å². The third-order valence-corrected chi connectivity index (χ3v) is 3.09. The van der Waals surface area contributed by atoms with Gasteiger partial charge in [-0.2, -0.15) is 0 Å². The number of benzene rings is 2. The number of methoxy groups -OCH3 is 1. The fraction of sp³-hybridized carbons (Fsp3) is 0.235. The van der Waals surface area contributed by atoms with Crippen LogP contribution in [-0.4, -0.2) is 12.9 Å². The molecular weight excluding hydrogens is 236 g/mol. The fourth-order valence-electron chi connectivity index (χ4n) is 2.06. The topological polar surface area (TPSA) is 26.3 Å². The Balaban J connectivity index is 2.46. The molecule has 2 heteroatoms. The van der Waals surface area contributed by atoms with Gasteiger partial charge in [-0.05, 0) is 17.7 Å². The van der Waals surface area contributed by atoms with Crippen molar-refractivity contribution in [3.63, 3.8) is 0 Å². The number of hydrogen-bond acceptors (Lipinski definition) is 2. The number of para-hydroxylation sites is 1. The largest absolute Gasteiger partial charge is 0.496 e. The molecule has 98 valence electrons. The average Bonchev–Trinajstić information content (AvgIpc) is 2.46. The van der Waals surface area contributed by atoms with Crippen LogP contribution in [0.2, 0.25) is 0 Å². The van der Waals surface area contributed by atoms with Crippen LogP contribution < -0.4 is 4.74 Å². The molecule has 2 nitrogen and oxygen atoms in total. The van der Waals surface area contributed by atoms with Gasteiger partial charge in [0.15, 0.2) is 5.78 Å². The molecule has 0 saturated heterocycles. The zero-order chi connectivity index (χ0) is 13.8. The monoisotopic (exact) mass is 254 g/mol. The summed E-state index contributed by atoms with van der Waals surface area (Å²) >= 11 is 0. The normalized spacial score (nSPS) is 10.5. The van der Waals surface area contributed by atoms with E-state index in [1.54, 1.807) is 7.11 Å². The molecule has 0 aromatic heterocycles. The van der Waals surface area contributed by atoms with Crippen molar-refractivity contribution in [2.45, 2.75) is 13.8 Å². The Kier molecular flexibility index (Phi) is 4.00. The molecule has 0 amide bonds. The molecular formula is C17H18O2. The lowest BCUT2D eigenvalue weighted by atomic mass is 9.96. The standard InChI is InChI=1S/C17H18O2/c1-12(2)17(18)14-8-6-7-13(11-14)15-9-4-5-10-16(15)19-3/h4-12H,1-3H3. The van der Waals surface area contributed by atoms with Crippen LogP contribution in [0.3, 0.4) is 0 Å². The molecule has 0 saturated carbocycles. The van der Waals surface area contributed by atoms with E-state index in [2.05, 4.69) is 0 Å². The molecule has 0 radical (unpaired) electrons. The quantitative estimate of drug-likeness (QED) is 0.764. The molecule has 0 aliphatic heterocycles. The maximum Gasteiger partial charge on any atom is 0.165 e. The Labute approximate surface area is 114 Å². The Hall–Kier alpha value is -2.09. The lowest BCUT2D eigenvalue weighted by molar-refractivity contribution is 0.0939. The highest BCUT2D eigenvalue weighted by atomic mass is 16.5. The van der Waals surface area contributed by atoms with Crippen molar-refractivity contribution in [3.05, 3.63) is 54.1 Å². The number of ether oxygens (including phenoxy) is 1. The van der Waals surface area contributed by atoms with Gasteiger partial charge in [0, 0.05) is 17.0 Å². The van der Waals surface area contributed by atoms with E-state index in [0.717, 1.165) is 22.4 Å². The smallest absolute Gasteiger partial charge is 0.165 e. The minimum Gasteiger partial charge on any atom is -0.496 e. The minimum atomic E-state index is 0.00733. The second kappa shape index (κ2) is 5.70. The van der Waals surface area contributed by atoms with Gasteiger partial charge in [0.25, 0.3) is 0 Å². The van der Waals surface area contributed by atoms with Crippen LogP contribution in [0.15, 0.2) is 48.5 Å². The van der Waals surface area contributed by atoms with Crippen LogP contribution >= 0.6 is 0 Å². The first-order valence-corrected chi connectivity index (χ1v) is 6.41. The minimum absolute atomic E-state index is 0.00733. The van der Waals surface area contributed by atoms with Gasteiger partial charge in [0.1, 0.15) is 5.75 Å². The second-order valence-electron chi connectivity index (χ2n) is 4.80. The van der Waals surface area contributed by atoms with Crippen molar-refractivity contribution in [1.82, 2.24) is 0 Å². The molecule has 0 unspecified atom stereocenters. The summed E-state index contributed by atoms with van der Waals surface area (Å²) in [5, 5.41) is 0. The summed E-state index contributed by atoms with van der Waals surface area (Å²) in [6.45, 7) is 3.83. The summed E-state index contributed by atoms with van der Waals surface area (Å²) in [6.07, 6.45) is 0. The molecule has 0 N–H and O–H groups in total. The number of carbonyl (C=O) groups is 1. The molecule has 2 rings (SSSR count). The maximum absolute atomic E-state index is 12.1. The first-order valence-electron chi connectivity index (χ1n) is 6.41. The van der Waals surface area contributed by atoms with E-state index in [9.17, 15) is 4.79 Å². The summed E-state index contributed by atoms with van der Waals surface area (Å²) in [4.78, 5) is 12.1. The van der Waals surface area contributed by atoms with Gasteiger partial charge >= 0.3 is 0 Å². The third kappa shape index (κ3) is 2.84. The summed E-state index contributed by atoms with van der Waals surface area (Å²) < 4.78 is 5.36. The van der Waals surface area contributed by atoms with Crippen molar-refractivity contribution >= 4 is 5.78 Å². The Morgan fingerprint density at radius 1 is 1.05 bits per heavy atom. The number of carbonyl (C=O) groups excluding carboxylic acids is 1. The van der Waals surface area contributed by atoms with Crippen molar-refractivity contribution in [2.75, 3.05) is 7.11 Å². The Morgan fingerprint density at radius 3 is 2.47 bits per heavy atom. The molecule has 0 fully saturated rings. The highest BCUT2D eigenvalue weighted by Crippen LogP contribution is 2.30. The number of Topliss-reactive ketones (excluding diaryl/α,β-unsaturated/α-hetero) is 1. The van der Waals surface area contributed by atoms with Crippen LogP contribution in [0.5, 0.6) is 5.75 Å². The molecule has 0 aliphatic rings. The molecule has 0 atom stereocenters. The van der Waals surface area contributed by atoms with Crippen LogP contribution in [0.25, 0.3) is 11.1 Å². The molecule has 19 heavy (non-hydrogen) atoms. The first kappa shape index (κ1) is 13.3. The average molecular weight is 254 g/mol. The van der Waals surface area contributed by atoms with Gasteiger partial charge in [-0.15, -0.1) is 0 Å². The van der Waals surface area contributed by atoms with E-state index in [-0.39, 0.29) is 11.7 Å². The van der Waals surface area contributed by atoms with Crippen LogP contribution in [0.1, 0.15) is 24.2 Å². The van der Waals surface area contributed by atoms with Crippen molar-refractivity contribution in [2.24, 2.45) is 5.92 Å². The first-order chi connectivity index (χ1) is 9.13. The second-order valence-corrected chi connectivity index (χ2v) is 4.80. The van der Waals surface area contributed by atoms with Crippen molar-refractivity contribution in [3.8, 4) is 16.9 Å². The van der Waals surface area contributed by atoms with E-state index in [1.165, 1.54) is 0 Å². The van der Waals surface area contributed by atoms with E-state index >= 15 is 0 Å². The van der Waals surface area contributed by atoms with Crippen LogP contribution in [0, 0.1) is 5.92 Å². The predicted molar refractivity (Wildman–Crippen MR) is 77.6 cm³/mol. The molecule has 0 bridgehead atoms. The highest BCUT2D eigenvalue weighted by Gasteiger charge is 2.12. The number of ketones is 1. The molecule has 2 aromatic carbocycles. The van der Waals surface area contributed by atoms with Gasteiger partial charge in [-0.25, -0.2) is 0 Å². The SMILES string of the molecule is COc1ccccc1-c1cccc(C(=O)C(C)C)c1. The van der Waals surface area contributed by atoms with Crippen LogP contribution in [0.4, 0.5) is 0 Å². The maximum atomic E-state index is 12.1. The predicted octanol–water partition coefficient (Wildman–Crippen LogP) is 4.20. The van der Waals surface area contributed by atoms with Gasteiger partial charge in [-0.1, -0.05) is 50.2 Å². The Morgan fingerprint density at radius 2 is 1.79 bits per heavy atom. The third-order valence-electron chi connectivity index (χ3n) is 3.09. The lowest BCUT2D eigenvalue weighted by Crippen LogP contribution is -2.07. The molecule has 0 spiro atoms. The summed E-state index contributed by atoms with van der Waals surface area (Å²) in [5.74, 6) is 0.987. The summed E-state index contributed by atoms with van der Waals surface area (Å²) in [7, 11) is 1.65. The van der Waals surface area contributed by atoms with Crippen molar-refractivity contribution in [1.29, 1.82) is 0 Å². The van der Waals surface area contributed by atoms with Crippen LogP contribution in [-0.2, 0) is 0 Å². The van der Waals surface area contributed by atoms with Gasteiger partial charge in [0.2, 0.25) is 0 Å². The number of hydrogen-bond donors (Lipinski definition) is 0. The zero-order valence-corrected chi connectivity index (χ0v) is 11.5. The van der Waals surface area contributed by atoms with E-state index in [4.69, 9.17) is 4.74 Å². The lowest BCUT2D eigenvalue weighted by Gasteiger charge is -2.10. The summed E-state index contributed by atoms with van der Waals surface area (Å²) in [5.41, 5.74) is 2.76.